The van der Waals surface area contributed by atoms with Crippen LogP contribution in [0.4, 0.5) is 0 Å². The lowest BCUT2D eigenvalue weighted by molar-refractivity contribution is 0.292. The van der Waals surface area contributed by atoms with Crippen LogP contribution >= 0.6 is 0 Å². The van der Waals surface area contributed by atoms with Crippen molar-refractivity contribution in [3.63, 3.8) is 0 Å². The molecule has 0 bridgehead atoms. The lowest BCUT2D eigenvalue weighted by Gasteiger charge is -2.23. The third-order valence-corrected chi connectivity index (χ3v) is 2.75. The summed E-state index contributed by atoms with van der Waals surface area (Å²) in [5.74, 6) is 0. The van der Waals surface area contributed by atoms with E-state index in [9.17, 15) is 0 Å². The minimum atomic E-state index is 0.530. The summed E-state index contributed by atoms with van der Waals surface area (Å²) in [4.78, 5) is 2.27. The summed E-state index contributed by atoms with van der Waals surface area (Å²) in [5, 5.41) is 0. The first-order chi connectivity index (χ1) is 7.19. The molecule has 1 rings (SSSR count). The van der Waals surface area contributed by atoms with Crippen LogP contribution in [0.5, 0.6) is 0 Å². The van der Waals surface area contributed by atoms with Gasteiger partial charge < -0.3 is 4.90 Å². The van der Waals surface area contributed by atoms with Crippen molar-refractivity contribution in [2.75, 3.05) is 14.1 Å². The summed E-state index contributed by atoms with van der Waals surface area (Å²) in [6, 6.07) is 9.38. The van der Waals surface area contributed by atoms with Crippen molar-refractivity contribution in [3.05, 3.63) is 48.0 Å². The Morgan fingerprint density at radius 3 is 2.27 bits per heavy atom. The van der Waals surface area contributed by atoms with Gasteiger partial charge in [0, 0.05) is 6.04 Å². The third kappa shape index (κ3) is 3.21. The van der Waals surface area contributed by atoms with Gasteiger partial charge in [0.1, 0.15) is 0 Å². The van der Waals surface area contributed by atoms with Crippen molar-refractivity contribution in [1.29, 1.82) is 0 Å². The molecule has 1 aromatic rings. The van der Waals surface area contributed by atoms with E-state index < -0.39 is 0 Å². The Balaban J connectivity index is 2.81. The summed E-state index contributed by atoms with van der Waals surface area (Å²) in [6.07, 6.45) is 4.05. The molecule has 1 unspecified atom stereocenters. The number of hydrogen-bond acceptors (Lipinski definition) is 1. The molecule has 0 radical (unpaired) electrons. The van der Waals surface area contributed by atoms with Crippen LogP contribution in [0, 0.1) is 0 Å². The van der Waals surface area contributed by atoms with E-state index in [2.05, 4.69) is 56.8 Å². The number of hydrogen-bond donors (Lipinski definition) is 0. The molecule has 0 heterocycles. The van der Waals surface area contributed by atoms with Crippen LogP contribution < -0.4 is 0 Å². The molecule has 15 heavy (non-hydrogen) atoms. The largest absolute Gasteiger partial charge is 0.302 e. The molecular formula is C14H21N. The molecular weight excluding hydrogens is 182 g/mol. The van der Waals surface area contributed by atoms with Crippen LogP contribution in [0.15, 0.2) is 36.9 Å². The molecule has 0 aliphatic heterocycles. The standard InChI is InChI=1S/C14H21N/c1-5-7-12-8-10-13(11-9-12)14(6-2)15(3)4/h5,8-11,14H,1,6-7H2,2-4H3. The number of nitrogens with zero attached hydrogens (tertiary/aromatic N) is 1. The zero-order valence-corrected chi connectivity index (χ0v) is 10.0. The first-order valence-electron chi connectivity index (χ1n) is 5.55. The first kappa shape index (κ1) is 12.0. The number of allylic oxidation sites excluding steroid dienone is 1. The van der Waals surface area contributed by atoms with E-state index in [1.54, 1.807) is 0 Å². The highest BCUT2D eigenvalue weighted by atomic mass is 15.1. The van der Waals surface area contributed by atoms with Gasteiger partial charge >= 0.3 is 0 Å². The fraction of sp³-hybridized carbons (Fsp3) is 0.429. The van der Waals surface area contributed by atoms with Gasteiger partial charge in [-0.25, -0.2) is 0 Å². The maximum Gasteiger partial charge on any atom is 0.0339 e. The lowest BCUT2D eigenvalue weighted by Crippen LogP contribution is -2.18. The van der Waals surface area contributed by atoms with E-state index in [4.69, 9.17) is 0 Å². The molecule has 0 amide bonds. The Bertz CT molecular complexity index is 298. The van der Waals surface area contributed by atoms with E-state index in [-0.39, 0.29) is 0 Å². The second-order valence-corrected chi connectivity index (χ2v) is 4.12. The Labute approximate surface area is 93.4 Å². The van der Waals surface area contributed by atoms with Gasteiger partial charge in [0.2, 0.25) is 0 Å². The van der Waals surface area contributed by atoms with Crippen LogP contribution in [0.1, 0.15) is 30.5 Å². The molecule has 82 valence electrons. The molecule has 0 aliphatic rings. The molecule has 0 aliphatic carbocycles. The highest BCUT2D eigenvalue weighted by Gasteiger charge is 2.10. The Morgan fingerprint density at radius 1 is 1.27 bits per heavy atom. The van der Waals surface area contributed by atoms with Gasteiger partial charge in [-0.15, -0.1) is 6.58 Å². The van der Waals surface area contributed by atoms with Gasteiger partial charge in [0.25, 0.3) is 0 Å². The van der Waals surface area contributed by atoms with E-state index in [1.165, 1.54) is 11.1 Å². The maximum atomic E-state index is 3.75. The van der Waals surface area contributed by atoms with Crippen molar-refractivity contribution in [2.45, 2.75) is 25.8 Å². The van der Waals surface area contributed by atoms with Gasteiger partial charge in [-0.1, -0.05) is 37.3 Å². The van der Waals surface area contributed by atoms with E-state index >= 15 is 0 Å². The highest BCUT2D eigenvalue weighted by molar-refractivity contribution is 5.26. The summed E-state index contributed by atoms with van der Waals surface area (Å²) in [6.45, 7) is 5.97. The lowest BCUT2D eigenvalue weighted by atomic mass is 10.0. The van der Waals surface area contributed by atoms with E-state index in [0.717, 1.165) is 12.8 Å². The van der Waals surface area contributed by atoms with Crippen LogP contribution in [-0.2, 0) is 6.42 Å². The predicted molar refractivity (Wildman–Crippen MR) is 67.1 cm³/mol. The quantitative estimate of drug-likeness (QED) is 0.663. The predicted octanol–water partition coefficient (Wildman–Crippen LogP) is 3.43. The zero-order chi connectivity index (χ0) is 11.3. The van der Waals surface area contributed by atoms with Crippen LogP contribution in [0.25, 0.3) is 0 Å². The van der Waals surface area contributed by atoms with Crippen LogP contribution in [0.2, 0.25) is 0 Å². The minimum absolute atomic E-state index is 0.530. The van der Waals surface area contributed by atoms with Crippen molar-refractivity contribution >= 4 is 0 Å². The molecule has 1 nitrogen and oxygen atoms in total. The summed E-state index contributed by atoms with van der Waals surface area (Å²) in [7, 11) is 4.26. The van der Waals surface area contributed by atoms with Crippen molar-refractivity contribution in [1.82, 2.24) is 4.90 Å². The van der Waals surface area contributed by atoms with E-state index in [1.807, 2.05) is 6.08 Å². The summed E-state index contributed by atoms with van der Waals surface area (Å²) >= 11 is 0. The van der Waals surface area contributed by atoms with Crippen molar-refractivity contribution in [3.8, 4) is 0 Å². The topological polar surface area (TPSA) is 3.24 Å². The third-order valence-electron chi connectivity index (χ3n) is 2.75. The normalized spacial score (nSPS) is 12.8. The molecule has 0 N–H and O–H groups in total. The van der Waals surface area contributed by atoms with Crippen LogP contribution in [0.3, 0.4) is 0 Å². The zero-order valence-electron chi connectivity index (χ0n) is 10.0. The Hall–Kier alpha value is -1.08. The first-order valence-corrected chi connectivity index (χ1v) is 5.55. The van der Waals surface area contributed by atoms with Gasteiger partial charge in [0.05, 0.1) is 0 Å². The van der Waals surface area contributed by atoms with Gasteiger partial charge in [0.15, 0.2) is 0 Å². The molecule has 0 saturated heterocycles. The van der Waals surface area contributed by atoms with Crippen molar-refractivity contribution in [2.24, 2.45) is 0 Å². The molecule has 1 atom stereocenters. The Morgan fingerprint density at radius 2 is 1.87 bits per heavy atom. The highest BCUT2D eigenvalue weighted by Crippen LogP contribution is 2.21. The SMILES string of the molecule is C=CCc1ccc(C(CC)N(C)C)cc1. The smallest absolute Gasteiger partial charge is 0.0339 e. The summed E-state index contributed by atoms with van der Waals surface area (Å²) < 4.78 is 0. The maximum absolute atomic E-state index is 3.75. The summed E-state index contributed by atoms with van der Waals surface area (Å²) in [5.41, 5.74) is 2.73. The average Bonchev–Trinajstić information content (AvgIpc) is 2.21. The fourth-order valence-electron chi connectivity index (χ4n) is 1.94. The molecule has 1 aromatic carbocycles. The second kappa shape index (κ2) is 5.72. The molecule has 0 spiro atoms. The minimum Gasteiger partial charge on any atom is -0.302 e. The van der Waals surface area contributed by atoms with Gasteiger partial charge in [-0.2, -0.15) is 0 Å². The second-order valence-electron chi connectivity index (χ2n) is 4.12. The molecule has 0 fully saturated rings. The van der Waals surface area contributed by atoms with Gasteiger partial charge in [-0.3, -0.25) is 0 Å². The van der Waals surface area contributed by atoms with E-state index in [0.29, 0.717) is 6.04 Å². The van der Waals surface area contributed by atoms with Crippen LogP contribution in [-0.4, -0.2) is 19.0 Å². The molecule has 0 aromatic heterocycles. The molecule has 1 heteroatoms. The monoisotopic (exact) mass is 203 g/mol. The fourth-order valence-corrected chi connectivity index (χ4v) is 1.94. The van der Waals surface area contributed by atoms with Gasteiger partial charge in [-0.05, 0) is 38.1 Å². The van der Waals surface area contributed by atoms with Crippen molar-refractivity contribution < 1.29 is 0 Å². The Kier molecular flexibility index (Phi) is 4.57. The molecule has 0 saturated carbocycles. The number of benzene rings is 1. The average molecular weight is 203 g/mol. The number of rotatable bonds is 5.